The number of fused-ring (bicyclic) bond motifs is 2. The normalized spacial score (nSPS) is 16.2. The average molecular weight is 444 g/mol. The first kappa shape index (κ1) is 21.7. The van der Waals surface area contributed by atoms with E-state index < -0.39 is 0 Å². The van der Waals surface area contributed by atoms with Gasteiger partial charge in [0.15, 0.2) is 0 Å². The first-order chi connectivity index (χ1) is 16.0. The summed E-state index contributed by atoms with van der Waals surface area (Å²) in [4.78, 5) is 19.0. The Balaban J connectivity index is 1.59. The predicted molar refractivity (Wildman–Crippen MR) is 133 cm³/mol. The van der Waals surface area contributed by atoms with E-state index in [9.17, 15) is 9.18 Å². The van der Waals surface area contributed by atoms with E-state index in [0.717, 1.165) is 60.3 Å². The number of anilines is 1. The first-order valence-electron chi connectivity index (χ1n) is 11.8. The van der Waals surface area contributed by atoms with Crippen molar-refractivity contribution < 1.29 is 9.18 Å². The fourth-order valence-corrected chi connectivity index (χ4v) is 5.16. The van der Waals surface area contributed by atoms with E-state index in [1.165, 1.54) is 41.8 Å². The number of H-pyrrole nitrogens is 1. The summed E-state index contributed by atoms with van der Waals surface area (Å²) in [5, 5.41) is 3.03. The number of nitrogens with zero attached hydrogens (tertiary/aromatic N) is 1. The zero-order valence-electron chi connectivity index (χ0n) is 19.3. The van der Waals surface area contributed by atoms with E-state index in [4.69, 9.17) is 0 Å². The Kier molecular flexibility index (Phi) is 5.90. The molecule has 0 saturated heterocycles. The molecule has 170 valence electrons. The minimum atomic E-state index is -0.268. The van der Waals surface area contributed by atoms with Crippen LogP contribution in [0.25, 0.3) is 22.8 Å². The fraction of sp³-hybridized carbons (Fsp3) is 0.321. The van der Waals surface area contributed by atoms with E-state index in [1.54, 1.807) is 12.1 Å². The molecule has 0 unspecified atom stereocenters. The van der Waals surface area contributed by atoms with Crippen LogP contribution >= 0.6 is 0 Å². The van der Waals surface area contributed by atoms with Crippen molar-refractivity contribution in [2.75, 3.05) is 26.0 Å². The lowest BCUT2D eigenvalue weighted by atomic mass is 9.91. The number of hydrogen-bond donors (Lipinski definition) is 2. The van der Waals surface area contributed by atoms with Gasteiger partial charge in [-0.25, -0.2) is 4.39 Å². The third-order valence-corrected chi connectivity index (χ3v) is 6.75. The molecule has 5 heteroatoms. The van der Waals surface area contributed by atoms with Gasteiger partial charge in [0.05, 0.1) is 5.57 Å². The Hall–Kier alpha value is -3.18. The van der Waals surface area contributed by atoms with E-state index in [0.29, 0.717) is 5.57 Å². The molecule has 5 rings (SSSR count). The maximum atomic E-state index is 13.5. The molecule has 1 aromatic heterocycles. The first-order valence-corrected chi connectivity index (χ1v) is 11.8. The average Bonchev–Trinajstić information content (AvgIpc) is 3.31. The molecule has 1 amide bonds. The van der Waals surface area contributed by atoms with Crippen LogP contribution in [-0.2, 0) is 24.1 Å². The van der Waals surface area contributed by atoms with Crippen molar-refractivity contribution in [3.05, 3.63) is 76.4 Å². The van der Waals surface area contributed by atoms with Gasteiger partial charge >= 0.3 is 0 Å². The number of nitrogens with one attached hydrogen (secondary N) is 2. The fourth-order valence-electron chi connectivity index (χ4n) is 5.16. The molecule has 2 heterocycles. The largest absolute Gasteiger partial charge is 0.358 e. The topological polar surface area (TPSA) is 48.1 Å². The standard InChI is InChI=1S/C28H30FN3O/c1-32(2)16-6-9-22-21-7-3-4-10-24(21)30-26(22)17-23-27-20(18-12-14-19(29)15-13-18)8-5-11-25(27)31-28(23)33/h5,8,11-15,17,30H,3-4,6-7,9-10,16H2,1-2H3,(H,31,33). The summed E-state index contributed by atoms with van der Waals surface area (Å²) in [5.41, 5.74) is 9.40. The molecule has 3 aromatic rings. The van der Waals surface area contributed by atoms with Crippen molar-refractivity contribution >= 4 is 23.2 Å². The van der Waals surface area contributed by atoms with Gasteiger partial charge in [-0.05, 0) is 106 Å². The molecule has 0 fully saturated rings. The number of benzene rings is 2. The van der Waals surface area contributed by atoms with Gasteiger partial charge in [0, 0.05) is 22.6 Å². The molecule has 0 spiro atoms. The quantitative estimate of drug-likeness (QED) is 0.481. The smallest absolute Gasteiger partial charge is 0.256 e. The Morgan fingerprint density at radius 1 is 1.06 bits per heavy atom. The zero-order valence-corrected chi connectivity index (χ0v) is 19.3. The third kappa shape index (κ3) is 4.25. The number of carbonyl (C=O) groups is 1. The summed E-state index contributed by atoms with van der Waals surface area (Å²) in [6.07, 6.45) is 8.72. The number of aryl methyl sites for hydroxylation is 1. The Morgan fingerprint density at radius 2 is 1.85 bits per heavy atom. The molecule has 2 N–H and O–H groups in total. The summed E-state index contributed by atoms with van der Waals surface area (Å²) in [6.45, 7) is 1.04. The van der Waals surface area contributed by atoms with Crippen LogP contribution in [0.4, 0.5) is 10.1 Å². The molecule has 1 aliphatic carbocycles. The number of halogens is 1. The van der Waals surface area contributed by atoms with Crippen LogP contribution in [-0.4, -0.2) is 36.4 Å². The van der Waals surface area contributed by atoms with Gasteiger partial charge in [0.2, 0.25) is 0 Å². The van der Waals surface area contributed by atoms with E-state index in [1.807, 2.05) is 24.3 Å². The Bertz CT molecular complexity index is 1220. The lowest BCUT2D eigenvalue weighted by Gasteiger charge is -2.14. The van der Waals surface area contributed by atoms with Crippen molar-refractivity contribution in [3.63, 3.8) is 0 Å². The second-order valence-corrected chi connectivity index (χ2v) is 9.34. The minimum absolute atomic E-state index is 0.0913. The highest BCUT2D eigenvalue weighted by Crippen LogP contribution is 2.41. The van der Waals surface area contributed by atoms with Crippen molar-refractivity contribution in [3.8, 4) is 11.1 Å². The second kappa shape index (κ2) is 8.99. The van der Waals surface area contributed by atoms with Crippen LogP contribution in [0, 0.1) is 5.82 Å². The molecule has 0 bridgehead atoms. The van der Waals surface area contributed by atoms with Gasteiger partial charge in [-0.1, -0.05) is 24.3 Å². The van der Waals surface area contributed by atoms with Crippen molar-refractivity contribution in [2.45, 2.75) is 38.5 Å². The van der Waals surface area contributed by atoms with Gasteiger partial charge in [-0.2, -0.15) is 0 Å². The van der Waals surface area contributed by atoms with Crippen LogP contribution in [0.3, 0.4) is 0 Å². The molecule has 0 atom stereocenters. The summed E-state index contributed by atoms with van der Waals surface area (Å²) >= 11 is 0. The highest BCUT2D eigenvalue weighted by Gasteiger charge is 2.28. The van der Waals surface area contributed by atoms with Crippen molar-refractivity contribution in [2.24, 2.45) is 0 Å². The number of rotatable bonds is 6. The highest BCUT2D eigenvalue weighted by atomic mass is 19.1. The van der Waals surface area contributed by atoms with Gasteiger partial charge in [-0.3, -0.25) is 4.79 Å². The van der Waals surface area contributed by atoms with Crippen LogP contribution in [0.1, 0.15) is 47.3 Å². The second-order valence-electron chi connectivity index (χ2n) is 9.34. The predicted octanol–water partition coefficient (Wildman–Crippen LogP) is 5.69. The third-order valence-electron chi connectivity index (χ3n) is 6.75. The summed E-state index contributed by atoms with van der Waals surface area (Å²) < 4.78 is 13.5. The molecule has 4 nitrogen and oxygen atoms in total. The van der Waals surface area contributed by atoms with Gasteiger partial charge in [0.25, 0.3) is 5.91 Å². The van der Waals surface area contributed by atoms with Crippen molar-refractivity contribution in [1.82, 2.24) is 9.88 Å². The van der Waals surface area contributed by atoms with Crippen molar-refractivity contribution in [1.29, 1.82) is 0 Å². The molecule has 1 aliphatic heterocycles. The molecular formula is C28H30FN3O. The number of hydrogen-bond acceptors (Lipinski definition) is 2. The summed E-state index contributed by atoms with van der Waals surface area (Å²) in [5.74, 6) is -0.359. The highest BCUT2D eigenvalue weighted by molar-refractivity contribution is 6.36. The van der Waals surface area contributed by atoms with E-state index in [2.05, 4.69) is 29.3 Å². The van der Waals surface area contributed by atoms with Gasteiger partial charge < -0.3 is 15.2 Å². The monoisotopic (exact) mass is 443 g/mol. The van der Waals surface area contributed by atoms with Gasteiger partial charge in [-0.15, -0.1) is 0 Å². The molecule has 2 aliphatic rings. The molecular weight excluding hydrogens is 413 g/mol. The lowest BCUT2D eigenvalue weighted by Crippen LogP contribution is -2.14. The maximum absolute atomic E-state index is 13.5. The van der Waals surface area contributed by atoms with Crippen LogP contribution in [0.15, 0.2) is 42.5 Å². The summed E-state index contributed by atoms with van der Waals surface area (Å²) in [7, 11) is 4.21. The van der Waals surface area contributed by atoms with E-state index >= 15 is 0 Å². The SMILES string of the molecule is CN(C)CCCc1c(C=C2C(=O)Nc3cccc(-c4ccc(F)cc4)c32)[nH]c2c1CCCC2. The Morgan fingerprint density at radius 3 is 2.64 bits per heavy atom. The van der Waals surface area contributed by atoms with Crippen LogP contribution in [0.2, 0.25) is 0 Å². The molecule has 0 radical (unpaired) electrons. The lowest BCUT2D eigenvalue weighted by molar-refractivity contribution is -0.110. The molecule has 33 heavy (non-hydrogen) atoms. The maximum Gasteiger partial charge on any atom is 0.256 e. The number of amides is 1. The van der Waals surface area contributed by atoms with Crippen LogP contribution < -0.4 is 5.32 Å². The van der Waals surface area contributed by atoms with Crippen LogP contribution in [0.5, 0.6) is 0 Å². The van der Waals surface area contributed by atoms with Gasteiger partial charge in [0.1, 0.15) is 5.82 Å². The van der Waals surface area contributed by atoms with E-state index in [-0.39, 0.29) is 11.7 Å². The zero-order chi connectivity index (χ0) is 22.9. The number of aromatic nitrogens is 1. The number of carbonyl (C=O) groups excluding carboxylic acids is 1. The number of aromatic amines is 1. The minimum Gasteiger partial charge on any atom is -0.358 e. The summed E-state index contributed by atoms with van der Waals surface area (Å²) in [6, 6.07) is 12.3. The molecule has 2 aromatic carbocycles. The molecule has 0 saturated carbocycles. The Labute approximate surface area is 194 Å².